The van der Waals surface area contributed by atoms with Crippen LogP contribution in [0.25, 0.3) is 11.0 Å². The SMILES string of the molecule is CCNC(c1ccc(C)o1)c1c(CC)oc2ccccc12. The van der Waals surface area contributed by atoms with Gasteiger partial charge in [-0.05, 0) is 31.7 Å². The van der Waals surface area contributed by atoms with Gasteiger partial charge in [-0.1, -0.05) is 32.0 Å². The van der Waals surface area contributed by atoms with Gasteiger partial charge in [-0.15, -0.1) is 0 Å². The molecule has 0 bridgehead atoms. The van der Waals surface area contributed by atoms with Crippen LogP contribution in [0.4, 0.5) is 0 Å². The van der Waals surface area contributed by atoms with Crippen molar-refractivity contribution in [1.29, 1.82) is 0 Å². The van der Waals surface area contributed by atoms with Crippen LogP contribution in [0.15, 0.2) is 45.2 Å². The van der Waals surface area contributed by atoms with Crippen LogP contribution in [0, 0.1) is 6.92 Å². The molecule has 2 aromatic heterocycles. The highest BCUT2D eigenvalue weighted by Crippen LogP contribution is 2.35. The van der Waals surface area contributed by atoms with Crippen LogP contribution >= 0.6 is 0 Å². The van der Waals surface area contributed by atoms with Gasteiger partial charge in [0.2, 0.25) is 0 Å². The Morgan fingerprint density at radius 1 is 1.05 bits per heavy atom. The third-order valence-electron chi connectivity index (χ3n) is 3.77. The lowest BCUT2D eigenvalue weighted by atomic mass is 9.99. The second-order valence-electron chi connectivity index (χ2n) is 5.23. The van der Waals surface area contributed by atoms with Gasteiger partial charge in [-0.3, -0.25) is 0 Å². The quantitative estimate of drug-likeness (QED) is 0.744. The van der Waals surface area contributed by atoms with Crippen LogP contribution in [0.3, 0.4) is 0 Å². The summed E-state index contributed by atoms with van der Waals surface area (Å²) in [7, 11) is 0. The fourth-order valence-corrected chi connectivity index (χ4v) is 2.85. The summed E-state index contributed by atoms with van der Waals surface area (Å²) in [4.78, 5) is 0. The number of para-hydroxylation sites is 1. The molecule has 1 N–H and O–H groups in total. The molecule has 0 amide bonds. The lowest BCUT2D eigenvalue weighted by molar-refractivity contribution is 0.429. The van der Waals surface area contributed by atoms with Gasteiger partial charge >= 0.3 is 0 Å². The molecular formula is C18H21NO2. The summed E-state index contributed by atoms with van der Waals surface area (Å²) in [5, 5.41) is 4.69. The predicted molar refractivity (Wildman–Crippen MR) is 84.6 cm³/mol. The minimum atomic E-state index is 0.0299. The molecule has 3 nitrogen and oxygen atoms in total. The maximum atomic E-state index is 6.02. The first-order valence-corrected chi connectivity index (χ1v) is 7.54. The number of rotatable bonds is 5. The van der Waals surface area contributed by atoms with Crippen LogP contribution in [0.1, 0.15) is 42.7 Å². The van der Waals surface area contributed by atoms with Crippen LogP contribution in [-0.4, -0.2) is 6.54 Å². The number of aryl methyl sites for hydroxylation is 2. The Hall–Kier alpha value is -2.00. The van der Waals surface area contributed by atoms with E-state index in [1.807, 2.05) is 31.2 Å². The minimum absolute atomic E-state index is 0.0299. The van der Waals surface area contributed by atoms with Crippen LogP contribution < -0.4 is 5.32 Å². The Morgan fingerprint density at radius 2 is 1.86 bits per heavy atom. The molecular weight excluding hydrogens is 262 g/mol. The standard InChI is InChI=1S/C18H21NO2/c1-4-14-17(13-8-6-7-9-15(13)21-14)18(19-5-2)16-11-10-12(3)20-16/h6-11,18-19H,4-5H2,1-3H3. The summed E-state index contributed by atoms with van der Waals surface area (Å²) in [6, 6.07) is 12.3. The third kappa shape index (κ3) is 2.49. The minimum Gasteiger partial charge on any atom is -0.464 e. The topological polar surface area (TPSA) is 38.3 Å². The lowest BCUT2D eigenvalue weighted by Gasteiger charge is -2.16. The monoisotopic (exact) mass is 283 g/mol. The molecule has 2 heterocycles. The van der Waals surface area contributed by atoms with Crippen molar-refractivity contribution in [2.75, 3.05) is 6.54 Å². The van der Waals surface area contributed by atoms with E-state index < -0.39 is 0 Å². The summed E-state index contributed by atoms with van der Waals surface area (Å²) in [6.07, 6.45) is 0.867. The molecule has 1 unspecified atom stereocenters. The van der Waals surface area contributed by atoms with Crippen molar-refractivity contribution in [1.82, 2.24) is 5.32 Å². The van der Waals surface area contributed by atoms with E-state index in [1.54, 1.807) is 0 Å². The summed E-state index contributed by atoms with van der Waals surface area (Å²) < 4.78 is 11.9. The largest absolute Gasteiger partial charge is 0.464 e. The van der Waals surface area contributed by atoms with Crippen molar-refractivity contribution in [3.05, 3.63) is 59.2 Å². The number of benzene rings is 1. The summed E-state index contributed by atoms with van der Waals surface area (Å²) >= 11 is 0. The van der Waals surface area contributed by atoms with Gasteiger partial charge in [0.05, 0.1) is 6.04 Å². The first-order valence-electron chi connectivity index (χ1n) is 7.54. The molecule has 110 valence electrons. The first-order chi connectivity index (χ1) is 10.2. The van der Waals surface area contributed by atoms with Crippen LogP contribution in [0.2, 0.25) is 0 Å². The first kappa shape index (κ1) is 14.0. The molecule has 3 heteroatoms. The second-order valence-corrected chi connectivity index (χ2v) is 5.23. The van der Waals surface area contributed by atoms with Crippen molar-refractivity contribution in [2.24, 2.45) is 0 Å². The number of furan rings is 2. The maximum absolute atomic E-state index is 6.02. The van der Waals surface area contributed by atoms with Gasteiger partial charge < -0.3 is 14.2 Å². The van der Waals surface area contributed by atoms with Gasteiger partial charge in [0.25, 0.3) is 0 Å². The molecule has 0 fully saturated rings. The predicted octanol–water partition coefficient (Wildman–Crippen LogP) is 4.60. The molecule has 1 atom stereocenters. The zero-order valence-corrected chi connectivity index (χ0v) is 12.8. The van der Waals surface area contributed by atoms with E-state index in [1.165, 1.54) is 5.56 Å². The molecule has 21 heavy (non-hydrogen) atoms. The number of hydrogen-bond donors (Lipinski definition) is 1. The molecule has 0 saturated heterocycles. The van der Waals surface area contributed by atoms with Gasteiger partial charge in [0.15, 0.2) is 0 Å². The van der Waals surface area contributed by atoms with E-state index in [0.29, 0.717) is 0 Å². The van der Waals surface area contributed by atoms with Crippen LogP contribution in [-0.2, 0) is 6.42 Å². The molecule has 0 spiro atoms. The van der Waals surface area contributed by atoms with Crippen molar-refractivity contribution in [3.8, 4) is 0 Å². The summed E-state index contributed by atoms with van der Waals surface area (Å²) in [5.41, 5.74) is 2.14. The Morgan fingerprint density at radius 3 is 2.52 bits per heavy atom. The average molecular weight is 283 g/mol. The molecule has 1 aromatic carbocycles. The maximum Gasteiger partial charge on any atom is 0.134 e. The molecule has 0 aliphatic carbocycles. The summed E-state index contributed by atoms with van der Waals surface area (Å²) in [6.45, 7) is 7.07. The second kappa shape index (κ2) is 5.78. The number of nitrogens with one attached hydrogen (secondary N) is 1. The molecule has 0 saturated carbocycles. The van der Waals surface area contributed by atoms with Crippen molar-refractivity contribution in [2.45, 2.75) is 33.2 Å². The fourth-order valence-electron chi connectivity index (χ4n) is 2.85. The zero-order chi connectivity index (χ0) is 14.8. The summed E-state index contributed by atoms with van der Waals surface area (Å²) in [5.74, 6) is 2.89. The highest BCUT2D eigenvalue weighted by molar-refractivity contribution is 5.83. The normalized spacial score (nSPS) is 12.9. The fraction of sp³-hybridized carbons (Fsp3) is 0.333. The number of fused-ring (bicyclic) bond motifs is 1. The molecule has 0 radical (unpaired) electrons. The third-order valence-corrected chi connectivity index (χ3v) is 3.77. The number of hydrogen-bond acceptors (Lipinski definition) is 3. The van der Waals surface area contributed by atoms with Gasteiger partial charge in [0, 0.05) is 17.4 Å². The van der Waals surface area contributed by atoms with Crippen LogP contribution in [0.5, 0.6) is 0 Å². The van der Waals surface area contributed by atoms with E-state index >= 15 is 0 Å². The highest BCUT2D eigenvalue weighted by Gasteiger charge is 2.24. The zero-order valence-electron chi connectivity index (χ0n) is 12.8. The Kier molecular flexibility index (Phi) is 3.84. The van der Waals surface area contributed by atoms with E-state index in [0.717, 1.165) is 41.2 Å². The average Bonchev–Trinajstić information content (AvgIpc) is 3.08. The molecule has 3 rings (SSSR count). The van der Waals surface area contributed by atoms with E-state index in [9.17, 15) is 0 Å². The molecule has 3 aromatic rings. The van der Waals surface area contributed by atoms with E-state index in [2.05, 4.69) is 31.3 Å². The van der Waals surface area contributed by atoms with Crippen molar-refractivity contribution >= 4 is 11.0 Å². The van der Waals surface area contributed by atoms with Gasteiger partial charge in [0.1, 0.15) is 22.9 Å². The Balaban J connectivity index is 2.18. The lowest BCUT2D eigenvalue weighted by Crippen LogP contribution is -2.22. The van der Waals surface area contributed by atoms with E-state index in [-0.39, 0.29) is 6.04 Å². The molecule has 0 aliphatic heterocycles. The Bertz CT molecular complexity index is 739. The van der Waals surface area contributed by atoms with Crippen molar-refractivity contribution < 1.29 is 8.83 Å². The molecule has 0 aliphatic rings. The smallest absolute Gasteiger partial charge is 0.134 e. The highest BCUT2D eigenvalue weighted by atomic mass is 16.3. The Labute approximate surface area is 124 Å². The van der Waals surface area contributed by atoms with Gasteiger partial charge in [-0.25, -0.2) is 0 Å². The van der Waals surface area contributed by atoms with E-state index in [4.69, 9.17) is 8.83 Å². The van der Waals surface area contributed by atoms with Crippen molar-refractivity contribution in [3.63, 3.8) is 0 Å². The van der Waals surface area contributed by atoms with Gasteiger partial charge in [-0.2, -0.15) is 0 Å².